The summed E-state index contributed by atoms with van der Waals surface area (Å²) in [6, 6.07) is 0. The lowest BCUT2D eigenvalue weighted by atomic mass is 9.55. The fourth-order valence-corrected chi connectivity index (χ4v) is 9.55. The molecular weight excluding hydrogens is 592 g/mol. The van der Waals surface area contributed by atoms with Gasteiger partial charge in [-0.3, -0.25) is 9.59 Å². The van der Waals surface area contributed by atoms with E-state index in [2.05, 4.69) is 45.6 Å². The maximum Gasteiger partial charge on any atom is 0.308 e. The molecule has 4 heteroatoms. The molecule has 0 aromatic rings. The minimum absolute atomic E-state index is 0.00352. The molecule has 0 aromatic heterocycles. The lowest BCUT2D eigenvalue weighted by molar-refractivity contribution is -0.151. The number of rotatable bonds is 19. The highest BCUT2D eigenvalue weighted by Crippen LogP contribution is 2.56. The largest absolute Gasteiger partial charge is 0.469 e. The van der Waals surface area contributed by atoms with E-state index in [4.69, 9.17) is 9.47 Å². The summed E-state index contributed by atoms with van der Waals surface area (Å²) in [7, 11) is 1.50. The number of ether oxygens (including phenoxy) is 2. The fourth-order valence-electron chi connectivity index (χ4n) is 9.55. The summed E-state index contributed by atoms with van der Waals surface area (Å²) in [5.41, 5.74) is 1.85. The Hall–Kier alpha value is -2.10. The molecule has 0 bridgehead atoms. The molecule has 3 aliphatic carbocycles. The third kappa shape index (κ3) is 13.0. The topological polar surface area (TPSA) is 52.6 Å². The molecule has 0 unspecified atom stereocenters. The maximum atomic E-state index is 12.8. The summed E-state index contributed by atoms with van der Waals surface area (Å²) < 4.78 is 11.0. The first kappa shape index (κ1) is 40.3. The molecule has 272 valence electrons. The van der Waals surface area contributed by atoms with Gasteiger partial charge >= 0.3 is 11.9 Å². The second kappa shape index (κ2) is 21.9. The van der Waals surface area contributed by atoms with Crippen LogP contribution >= 0.6 is 0 Å². The Morgan fingerprint density at radius 3 is 2.44 bits per heavy atom. The second-order valence-electron chi connectivity index (χ2n) is 16.1. The standard InChI is InChI=1S/C44H72O4/c1-7-8-9-10-11-12-13-14-15-16-17-18-19-26-42(45)48-39-31-32-44(5)38(33-39)29-28-37-24-21-25-40(35(3)27-30-41(37)44)34(2)22-20-23-36(4)43(46)47-6/h7-11,29,34-37,39-41H,1,12-28,30-33H2,2-6H3/b9-8+,11-10+/t34-,35-,36+,37-,39+,40-,41+,44+/m1/s1. The van der Waals surface area contributed by atoms with E-state index in [1.165, 1.54) is 84.2 Å². The van der Waals surface area contributed by atoms with Crippen molar-refractivity contribution in [3.63, 3.8) is 0 Å². The van der Waals surface area contributed by atoms with Gasteiger partial charge in [0.15, 0.2) is 0 Å². The van der Waals surface area contributed by atoms with Crippen molar-refractivity contribution in [3.05, 3.63) is 48.6 Å². The fraction of sp³-hybridized carbons (Fsp3) is 0.773. The SMILES string of the molecule is C=C/C=C/C=C/CCCCCCCCCC(=O)O[C@H]1CC[C@@]2(C)C(=CC[C@H]3CCC[C@H]([C@H](C)CCC[C@H](C)C(=O)OC)[C@H](C)CC[C@@H]32)C1. The van der Waals surface area contributed by atoms with Crippen LogP contribution in [0.1, 0.15) is 163 Å². The van der Waals surface area contributed by atoms with Gasteiger partial charge in [0.25, 0.3) is 0 Å². The minimum atomic E-state index is -0.0736. The van der Waals surface area contributed by atoms with Crippen LogP contribution in [-0.2, 0) is 19.1 Å². The number of carbonyl (C=O) groups excluding carboxylic acids is 2. The molecule has 3 aliphatic rings. The highest BCUT2D eigenvalue weighted by atomic mass is 16.5. The Morgan fingerprint density at radius 2 is 1.69 bits per heavy atom. The Bertz CT molecular complexity index is 1050. The summed E-state index contributed by atoms with van der Waals surface area (Å²) in [6.45, 7) is 13.2. The molecule has 0 aliphatic heterocycles. The van der Waals surface area contributed by atoms with Gasteiger partial charge in [-0.1, -0.05) is 134 Å². The number of hydrogen-bond donors (Lipinski definition) is 0. The minimum Gasteiger partial charge on any atom is -0.469 e. The summed E-state index contributed by atoms with van der Waals surface area (Å²) in [6.07, 6.45) is 37.1. The van der Waals surface area contributed by atoms with Crippen molar-refractivity contribution in [1.29, 1.82) is 0 Å². The lowest BCUT2D eigenvalue weighted by Crippen LogP contribution is -2.43. The zero-order chi connectivity index (χ0) is 34.8. The summed E-state index contributed by atoms with van der Waals surface area (Å²) in [5.74, 6) is 3.71. The normalized spacial score (nSPS) is 29.1. The molecule has 0 aromatic carbocycles. The third-order valence-electron chi connectivity index (χ3n) is 12.7. The summed E-state index contributed by atoms with van der Waals surface area (Å²) in [4.78, 5) is 24.6. The Morgan fingerprint density at radius 1 is 0.938 bits per heavy atom. The van der Waals surface area contributed by atoms with E-state index < -0.39 is 0 Å². The van der Waals surface area contributed by atoms with E-state index in [-0.39, 0.29) is 29.4 Å². The molecule has 0 saturated heterocycles. The van der Waals surface area contributed by atoms with E-state index in [1.807, 2.05) is 19.1 Å². The Labute approximate surface area is 295 Å². The number of unbranched alkanes of at least 4 members (excludes halogenated alkanes) is 7. The predicted molar refractivity (Wildman–Crippen MR) is 201 cm³/mol. The first-order valence-electron chi connectivity index (χ1n) is 20.1. The van der Waals surface area contributed by atoms with Crippen molar-refractivity contribution >= 4 is 11.9 Å². The van der Waals surface area contributed by atoms with Crippen molar-refractivity contribution in [2.75, 3.05) is 7.11 Å². The molecule has 4 nitrogen and oxygen atoms in total. The van der Waals surface area contributed by atoms with E-state index in [9.17, 15) is 9.59 Å². The van der Waals surface area contributed by atoms with Crippen molar-refractivity contribution in [2.45, 2.75) is 169 Å². The first-order valence-corrected chi connectivity index (χ1v) is 20.1. The number of allylic oxidation sites excluding steroid dienone is 6. The molecule has 0 heterocycles. The number of carbonyl (C=O) groups is 2. The maximum absolute atomic E-state index is 12.8. The van der Waals surface area contributed by atoms with Crippen molar-refractivity contribution in [2.24, 2.45) is 40.9 Å². The number of methoxy groups -OCH3 is 1. The van der Waals surface area contributed by atoms with Gasteiger partial charge in [-0.15, -0.1) is 0 Å². The summed E-state index contributed by atoms with van der Waals surface area (Å²) in [5, 5.41) is 0. The first-order chi connectivity index (χ1) is 23.2. The molecule has 2 fully saturated rings. The van der Waals surface area contributed by atoms with Crippen LogP contribution < -0.4 is 0 Å². The molecule has 0 spiro atoms. The van der Waals surface area contributed by atoms with Gasteiger partial charge < -0.3 is 9.47 Å². The molecular formula is C44H72O4. The highest BCUT2D eigenvalue weighted by molar-refractivity contribution is 5.71. The highest BCUT2D eigenvalue weighted by Gasteiger charge is 2.47. The van der Waals surface area contributed by atoms with Crippen LogP contribution in [0.5, 0.6) is 0 Å². The van der Waals surface area contributed by atoms with Crippen LogP contribution in [0.25, 0.3) is 0 Å². The molecule has 0 radical (unpaired) electrons. The second-order valence-corrected chi connectivity index (χ2v) is 16.1. The van der Waals surface area contributed by atoms with Gasteiger partial charge in [0.2, 0.25) is 0 Å². The summed E-state index contributed by atoms with van der Waals surface area (Å²) >= 11 is 0. The van der Waals surface area contributed by atoms with Crippen LogP contribution in [0.4, 0.5) is 0 Å². The number of esters is 2. The zero-order valence-corrected chi connectivity index (χ0v) is 31.7. The van der Waals surface area contributed by atoms with Crippen LogP contribution in [0.15, 0.2) is 48.6 Å². The molecule has 8 atom stereocenters. The van der Waals surface area contributed by atoms with Gasteiger partial charge in [0.05, 0.1) is 13.0 Å². The van der Waals surface area contributed by atoms with Gasteiger partial charge in [-0.05, 0) is 99.2 Å². The smallest absolute Gasteiger partial charge is 0.308 e. The van der Waals surface area contributed by atoms with Crippen molar-refractivity contribution in [1.82, 2.24) is 0 Å². The van der Waals surface area contributed by atoms with E-state index in [0.717, 1.165) is 75.0 Å². The van der Waals surface area contributed by atoms with Crippen molar-refractivity contribution in [3.8, 4) is 0 Å². The Balaban J connectivity index is 1.37. The predicted octanol–water partition coefficient (Wildman–Crippen LogP) is 12.3. The van der Waals surface area contributed by atoms with Gasteiger partial charge in [0.1, 0.15) is 6.10 Å². The van der Waals surface area contributed by atoms with E-state index in [0.29, 0.717) is 12.3 Å². The van der Waals surface area contributed by atoms with E-state index in [1.54, 1.807) is 11.6 Å². The molecule has 0 amide bonds. The van der Waals surface area contributed by atoms with Gasteiger partial charge in [0, 0.05) is 12.8 Å². The molecule has 48 heavy (non-hydrogen) atoms. The lowest BCUT2D eigenvalue weighted by Gasteiger charge is -2.51. The average Bonchev–Trinajstić information content (AvgIpc) is 3.15. The van der Waals surface area contributed by atoms with Crippen LogP contribution in [0.2, 0.25) is 0 Å². The van der Waals surface area contributed by atoms with E-state index >= 15 is 0 Å². The van der Waals surface area contributed by atoms with Gasteiger partial charge in [-0.25, -0.2) is 0 Å². The van der Waals surface area contributed by atoms with Crippen LogP contribution in [0.3, 0.4) is 0 Å². The molecule has 0 N–H and O–H groups in total. The zero-order valence-electron chi connectivity index (χ0n) is 31.7. The monoisotopic (exact) mass is 665 g/mol. The van der Waals surface area contributed by atoms with Crippen LogP contribution in [0, 0.1) is 40.9 Å². The average molecular weight is 665 g/mol. The number of fused-ring (bicyclic) bond motifs is 3. The quantitative estimate of drug-likeness (QED) is 0.0597. The van der Waals surface area contributed by atoms with Crippen LogP contribution in [-0.4, -0.2) is 25.2 Å². The third-order valence-corrected chi connectivity index (χ3v) is 12.7. The number of hydrogen-bond acceptors (Lipinski definition) is 4. The molecule has 2 saturated carbocycles. The van der Waals surface area contributed by atoms with Crippen molar-refractivity contribution < 1.29 is 19.1 Å². The Kier molecular flexibility index (Phi) is 18.4. The molecule has 3 rings (SSSR count). The van der Waals surface area contributed by atoms with Gasteiger partial charge in [-0.2, -0.15) is 0 Å².